The Balaban J connectivity index is 1.64. The second-order valence-corrected chi connectivity index (χ2v) is 7.44. The number of aliphatic hydroxyl groups is 1. The van der Waals surface area contributed by atoms with Crippen molar-refractivity contribution in [1.29, 1.82) is 0 Å². The molecule has 122 valence electrons. The molecule has 0 unspecified atom stereocenters. The van der Waals surface area contributed by atoms with E-state index in [4.69, 9.17) is 0 Å². The molecule has 0 aliphatic carbocycles. The second-order valence-electron chi connectivity index (χ2n) is 6.16. The van der Waals surface area contributed by atoms with Gasteiger partial charge in [0.05, 0.1) is 11.4 Å². The van der Waals surface area contributed by atoms with Crippen LogP contribution in [0.15, 0.2) is 36.5 Å². The number of carbonyl (C=O) groups excluding carboxylic acids is 1. The molecular weight excluding hydrogens is 310 g/mol. The van der Waals surface area contributed by atoms with Gasteiger partial charge in [-0.2, -0.15) is 0 Å². The van der Waals surface area contributed by atoms with E-state index in [1.807, 2.05) is 37.3 Å². The highest BCUT2D eigenvalue weighted by atomic mass is 32.1. The van der Waals surface area contributed by atoms with Crippen LogP contribution in [-0.4, -0.2) is 53.2 Å². The van der Waals surface area contributed by atoms with Gasteiger partial charge in [0.2, 0.25) is 0 Å². The van der Waals surface area contributed by atoms with E-state index in [0.717, 1.165) is 17.2 Å². The van der Waals surface area contributed by atoms with Gasteiger partial charge in [-0.1, -0.05) is 6.07 Å². The lowest BCUT2D eigenvalue weighted by atomic mass is 10.0. The number of nitrogens with zero attached hydrogens (tertiary/aromatic N) is 3. The summed E-state index contributed by atoms with van der Waals surface area (Å²) in [7, 11) is 1.75. The fourth-order valence-corrected chi connectivity index (χ4v) is 3.83. The molecule has 0 radical (unpaired) electrons. The Morgan fingerprint density at radius 1 is 1.43 bits per heavy atom. The fraction of sp³-hybridized carbons (Fsp3) is 0.412. The molecule has 1 aliphatic rings. The number of pyridine rings is 1. The zero-order valence-corrected chi connectivity index (χ0v) is 14.2. The molecule has 1 aliphatic heterocycles. The van der Waals surface area contributed by atoms with E-state index in [-0.39, 0.29) is 5.91 Å². The Kier molecular flexibility index (Phi) is 4.37. The van der Waals surface area contributed by atoms with E-state index in [1.165, 1.54) is 11.3 Å². The van der Waals surface area contributed by atoms with Crippen LogP contribution in [0.1, 0.15) is 21.0 Å². The normalized spacial score (nSPS) is 20.7. The van der Waals surface area contributed by atoms with Crippen molar-refractivity contribution in [2.75, 3.05) is 31.6 Å². The molecule has 2 aromatic heterocycles. The van der Waals surface area contributed by atoms with Crippen molar-refractivity contribution >= 4 is 23.1 Å². The highest BCUT2D eigenvalue weighted by molar-refractivity contribution is 7.13. The zero-order chi connectivity index (χ0) is 16.4. The predicted octanol–water partition coefficient (Wildman–Crippen LogP) is 2.16. The molecule has 0 saturated carbocycles. The van der Waals surface area contributed by atoms with E-state index in [1.54, 1.807) is 18.1 Å². The summed E-state index contributed by atoms with van der Waals surface area (Å²) in [5, 5.41) is 10.8. The van der Waals surface area contributed by atoms with Crippen LogP contribution < -0.4 is 4.90 Å². The summed E-state index contributed by atoms with van der Waals surface area (Å²) < 4.78 is 0. The van der Waals surface area contributed by atoms with Crippen molar-refractivity contribution in [1.82, 2.24) is 9.88 Å². The molecule has 0 aromatic carbocycles. The number of β-amino-alcohol motifs (C(OH)–C–C–N with tert-alkyl or cyclic N) is 1. The predicted molar refractivity (Wildman–Crippen MR) is 92.0 cm³/mol. The number of hydrogen-bond acceptors (Lipinski definition) is 5. The van der Waals surface area contributed by atoms with Crippen LogP contribution in [0.4, 0.5) is 5.82 Å². The largest absolute Gasteiger partial charge is 0.386 e. The highest BCUT2D eigenvalue weighted by Gasteiger charge is 2.38. The molecule has 5 nitrogen and oxygen atoms in total. The van der Waals surface area contributed by atoms with Crippen molar-refractivity contribution in [3.63, 3.8) is 0 Å². The summed E-state index contributed by atoms with van der Waals surface area (Å²) in [6.45, 7) is 3.54. The van der Waals surface area contributed by atoms with E-state index in [0.29, 0.717) is 24.4 Å². The minimum atomic E-state index is -0.895. The standard InChI is InChI=1S/C17H21N3O2S/c1-13-6-7-14(23-13)16(21)19(2)11-17(22)8-10-20(12-17)15-5-3-4-9-18-15/h3-7,9,22H,8,10-12H2,1-2H3/t17-/m1/s1. The summed E-state index contributed by atoms with van der Waals surface area (Å²) in [5.41, 5.74) is -0.895. The van der Waals surface area contributed by atoms with Gasteiger partial charge >= 0.3 is 0 Å². The Labute approximate surface area is 140 Å². The topological polar surface area (TPSA) is 56.7 Å². The quantitative estimate of drug-likeness (QED) is 0.933. The highest BCUT2D eigenvalue weighted by Crippen LogP contribution is 2.27. The maximum atomic E-state index is 12.4. The first-order valence-electron chi connectivity index (χ1n) is 7.67. The molecule has 0 bridgehead atoms. The number of carbonyl (C=O) groups is 1. The molecule has 1 fully saturated rings. The molecule has 23 heavy (non-hydrogen) atoms. The lowest BCUT2D eigenvalue weighted by Gasteiger charge is -2.29. The van der Waals surface area contributed by atoms with E-state index in [2.05, 4.69) is 9.88 Å². The van der Waals surface area contributed by atoms with E-state index < -0.39 is 5.60 Å². The van der Waals surface area contributed by atoms with Crippen LogP contribution >= 0.6 is 11.3 Å². The van der Waals surface area contributed by atoms with Crippen molar-refractivity contribution < 1.29 is 9.90 Å². The molecule has 1 N–H and O–H groups in total. The van der Waals surface area contributed by atoms with Crippen molar-refractivity contribution in [2.45, 2.75) is 18.9 Å². The molecule has 3 rings (SSSR count). The van der Waals surface area contributed by atoms with Gasteiger partial charge in [-0.3, -0.25) is 4.79 Å². The third-order valence-electron chi connectivity index (χ3n) is 4.13. The number of anilines is 1. The first-order valence-corrected chi connectivity index (χ1v) is 8.49. The van der Waals surface area contributed by atoms with Gasteiger partial charge in [0.1, 0.15) is 11.4 Å². The number of thiophene rings is 1. The molecule has 0 spiro atoms. The Morgan fingerprint density at radius 2 is 2.26 bits per heavy atom. The number of aryl methyl sites for hydroxylation is 1. The number of hydrogen-bond donors (Lipinski definition) is 1. The van der Waals surface area contributed by atoms with Gasteiger partial charge in [0.25, 0.3) is 5.91 Å². The Bertz CT molecular complexity index is 688. The van der Waals surface area contributed by atoms with Crippen LogP contribution in [0.5, 0.6) is 0 Å². The monoisotopic (exact) mass is 331 g/mol. The average Bonchev–Trinajstić information content (AvgIpc) is 3.14. The zero-order valence-electron chi connectivity index (χ0n) is 13.4. The summed E-state index contributed by atoms with van der Waals surface area (Å²) in [6.07, 6.45) is 2.38. The van der Waals surface area contributed by atoms with Gasteiger partial charge in [-0.25, -0.2) is 4.98 Å². The minimum Gasteiger partial charge on any atom is -0.386 e. The van der Waals surface area contributed by atoms with Crippen LogP contribution in [0, 0.1) is 6.92 Å². The van der Waals surface area contributed by atoms with Crippen LogP contribution in [0.25, 0.3) is 0 Å². The fourth-order valence-electron chi connectivity index (χ4n) is 2.97. The molecule has 6 heteroatoms. The SMILES string of the molecule is Cc1ccc(C(=O)N(C)C[C@]2(O)CCN(c3ccccn3)C2)s1. The second kappa shape index (κ2) is 6.29. The van der Waals surface area contributed by atoms with Gasteiger partial charge in [-0.15, -0.1) is 11.3 Å². The summed E-state index contributed by atoms with van der Waals surface area (Å²) in [4.78, 5) is 22.3. The molecular formula is C17H21N3O2S. The van der Waals surface area contributed by atoms with Crippen LogP contribution in [0.3, 0.4) is 0 Å². The van der Waals surface area contributed by atoms with Crippen molar-refractivity contribution in [3.8, 4) is 0 Å². The Hall–Kier alpha value is -1.92. The number of amides is 1. The summed E-state index contributed by atoms with van der Waals surface area (Å²) in [5.74, 6) is 0.832. The Morgan fingerprint density at radius 3 is 2.91 bits per heavy atom. The maximum Gasteiger partial charge on any atom is 0.263 e. The minimum absolute atomic E-state index is 0.0344. The third-order valence-corrected chi connectivity index (χ3v) is 5.12. The number of likely N-dealkylation sites (N-methyl/N-ethyl adjacent to an activating group) is 1. The van der Waals surface area contributed by atoms with Gasteiger partial charge < -0.3 is 14.9 Å². The average molecular weight is 331 g/mol. The third kappa shape index (κ3) is 3.54. The lowest BCUT2D eigenvalue weighted by Crippen LogP contribution is -2.45. The maximum absolute atomic E-state index is 12.4. The smallest absolute Gasteiger partial charge is 0.263 e. The van der Waals surface area contributed by atoms with Crippen LogP contribution in [0.2, 0.25) is 0 Å². The summed E-state index contributed by atoms with van der Waals surface area (Å²) >= 11 is 1.49. The van der Waals surface area contributed by atoms with Crippen molar-refractivity contribution in [3.05, 3.63) is 46.3 Å². The lowest BCUT2D eigenvalue weighted by molar-refractivity contribution is 0.0266. The first-order chi connectivity index (χ1) is 11.0. The van der Waals surface area contributed by atoms with Gasteiger partial charge in [0, 0.05) is 31.2 Å². The molecule has 1 amide bonds. The summed E-state index contributed by atoms with van der Waals surface area (Å²) in [6, 6.07) is 9.54. The van der Waals surface area contributed by atoms with Crippen molar-refractivity contribution in [2.24, 2.45) is 0 Å². The number of rotatable bonds is 4. The molecule has 1 atom stereocenters. The van der Waals surface area contributed by atoms with Gasteiger partial charge in [0.15, 0.2) is 0 Å². The van der Waals surface area contributed by atoms with Crippen LogP contribution in [-0.2, 0) is 0 Å². The number of aromatic nitrogens is 1. The van der Waals surface area contributed by atoms with Gasteiger partial charge in [-0.05, 0) is 37.6 Å². The molecule has 3 heterocycles. The first kappa shape index (κ1) is 16.0. The van der Waals surface area contributed by atoms with E-state index in [9.17, 15) is 9.90 Å². The molecule has 2 aromatic rings. The van der Waals surface area contributed by atoms with E-state index >= 15 is 0 Å². The molecule has 1 saturated heterocycles.